The Balaban J connectivity index is 1.52. The first-order valence-corrected chi connectivity index (χ1v) is 11.4. The molecule has 1 aliphatic heterocycles. The van der Waals surface area contributed by atoms with Crippen molar-refractivity contribution in [1.29, 1.82) is 0 Å². The van der Waals surface area contributed by atoms with Gasteiger partial charge in [0.1, 0.15) is 5.82 Å². The minimum absolute atomic E-state index is 0.249. The second-order valence-electron chi connectivity index (χ2n) is 6.99. The number of anilines is 2. The van der Waals surface area contributed by atoms with Gasteiger partial charge in [-0.2, -0.15) is 4.31 Å². The van der Waals surface area contributed by atoms with Crippen LogP contribution in [0.5, 0.6) is 0 Å². The second kappa shape index (κ2) is 9.01. The molecule has 2 aromatic carbocycles. The molecule has 1 aromatic heterocycles. The number of nitrogens with zero attached hydrogens (tertiary/aromatic N) is 2. The fourth-order valence-electron chi connectivity index (χ4n) is 3.32. The molecule has 0 unspecified atom stereocenters. The van der Waals surface area contributed by atoms with Gasteiger partial charge >= 0.3 is 5.97 Å². The number of hydrogen-bond acceptors (Lipinski definition) is 7. The van der Waals surface area contributed by atoms with Gasteiger partial charge in [-0.1, -0.05) is 0 Å². The zero-order valence-electron chi connectivity index (χ0n) is 17.1. The average molecular weight is 442 g/mol. The van der Waals surface area contributed by atoms with Crippen molar-refractivity contribution in [2.75, 3.05) is 38.2 Å². The normalized spacial score (nSPS) is 15.0. The molecule has 2 heterocycles. The predicted molar refractivity (Wildman–Crippen MR) is 117 cm³/mol. The number of sulfonamides is 1. The van der Waals surface area contributed by atoms with E-state index in [-0.39, 0.29) is 10.9 Å². The van der Waals surface area contributed by atoms with Crippen LogP contribution in [0.1, 0.15) is 17.3 Å². The van der Waals surface area contributed by atoms with Crippen molar-refractivity contribution >= 4 is 38.4 Å². The molecule has 9 heteroatoms. The topological polar surface area (TPSA) is 97.8 Å². The van der Waals surface area contributed by atoms with Crippen molar-refractivity contribution in [3.8, 4) is 0 Å². The van der Waals surface area contributed by atoms with Crippen LogP contribution in [0, 0.1) is 0 Å². The number of esters is 1. The standard InChI is InChI=1S/C22H23N3O5S/c1-2-30-22(26)16-3-6-18(7-4-16)23-21-10-5-17-15-19(8-9-20(17)24-21)31(27,28)25-11-13-29-14-12-25/h3-10,15H,2,11-14H2,1H3,(H,23,24). The van der Waals surface area contributed by atoms with E-state index in [1.165, 1.54) is 4.31 Å². The maximum Gasteiger partial charge on any atom is 0.338 e. The molecule has 1 aliphatic rings. The van der Waals surface area contributed by atoms with E-state index >= 15 is 0 Å². The summed E-state index contributed by atoms with van der Waals surface area (Å²) in [6.07, 6.45) is 0. The molecule has 3 aromatic rings. The Bertz CT molecular complexity index is 1190. The van der Waals surface area contributed by atoms with Crippen LogP contribution in [0.15, 0.2) is 59.5 Å². The van der Waals surface area contributed by atoms with Crippen molar-refractivity contribution in [3.63, 3.8) is 0 Å². The molecule has 1 fully saturated rings. The zero-order valence-corrected chi connectivity index (χ0v) is 17.9. The summed E-state index contributed by atoms with van der Waals surface area (Å²) in [5, 5.41) is 3.92. The van der Waals surface area contributed by atoms with Gasteiger partial charge in [0, 0.05) is 24.2 Å². The number of hydrogen-bond donors (Lipinski definition) is 1. The maximum absolute atomic E-state index is 12.9. The van der Waals surface area contributed by atoms with E-state index in [0.717, 1.165) is 11.1 Å². The first-order valence-electron chi connectivity index (χ1n) is 10.0. The molecule has 0 amide bonds. The summed E-state index contributed by atoms with van der Waals surface area (Å²) in [6, 6.07) is 15.5. The number of carbonyl (C=O) groups is 1. The van der Waals surface area contributed by atoms with Gasteiger partial charge in [-0.25, -0.2) is 18.2 Å². The number of ether oxygens (including phenoxy) is 2. The molecular weight excluding hydrogens is 418 g/mol. The van der Waals surface area contributed by atoms with E-state index in [4.69, 9.17) is 9.47 Å². The van der Waals surface area contributed by atoms with Crippen LogP contribution in [0.3, 0.4) is 0 Å². The van der Waals surface area contributed by atoms with Crippen LogP contribution < -0.4 is 5.32 Å². The van der Waals surface area contributed by atoms with Crippen LogP contribution in [-0.4, -0.2) is 56.6 Å². The first-order chi connectivity index (χ1) is 15.0. The summed E-state index contributed by atoms with van der Waals surface area (Å²) >= 11 is 0. The number of carbonyl (C=O) groups excluding carboxylic acids is 1. The molecule has 31 heavy (non-hydrogen) atoms. The fourth-order valence-corrected chi connectivity index (χ4v) is 4.77. The molecule has 8 nitrogen and oxygen atoms in total. The Kier molecular flexibility index (Phi) is 6.17. The Labute approximate surface area is 180 Å². The van der Waals surface area contributed by atoms with Gasteiger partial charge in [0.15, 0.2) is 0 Å². The van der Waals surface area contributed by atoms with Crippen LogP contribution >= 0.6 is 0 Å². The molecule has 0 radical (unpaired) electrons. The SMILES string of the molecule is CCOC(=O)c1ccc(Nc2ccc3cc(S(=O)(=O)N4CCOCC4)ccc3n2)cc1. The molecule has 0 atom stereocenters. The van der Waals surface area contributed by atoms with Gasteiger partial charge in [0.25, 0.3) is 0 Å². The lowest BCUT2D eigenvalue weighted by molar-refractivity contribution is 0.0526. The highest BCUT2D eigenvalue weighted by Crippen LogP contribution is 2.24. The largest absolute Gasteiger partial charge is 0.462 e. The molecule has 1 saturated heterocycles. The van der Waals surface area contributed by atoms with E-state index in [1.807, 2.05) is 6.07 Å². The van der Waals surface area contributed by atoms with Crippen LogP contribution in [0.2, 0.25) is 0 Å². The Morgan fingerprint density at radius 2 is 1.84 bits per heavy atom. The Hall–Kier alpha value is -3.01. The predicted octanol–water partition coefficient (Wildman–Crippen LogP) is 3.18. The van der Waals surface area contributed by atoms with Crippen molar-refractivity contribution in [1.82, 2.24) is 9.29 Å². The van der Waals surface area contributed by atoms with Crippen molar-refractivity contribution in [3.05, 3.63) is 60.2 Å². The monoisotopic (exact) mass is 441 g/mol. The molecule has 0 spiro atoms. The van der Waals surface area contributed by atoms with E-state index < -0.39 is 10.0 Å². The van der Waals surface area contributed by atoms with E-state index in [2.05, 4.69) is 10.3 Å². The quantitative estimate of drug-likeness (QED) is 0.587. The summed E-state index contributed by atoms with van der Waals surface area (Å²) in [5.74, 6) is 0.251. The van der Waals surface area contributed by atoms with Crippen molar-refractivity contribution in [2.45, 2.75) is 11.8 Å². The molecule has 4 rings (SSSR count). The van der Waals surface area contributed by atoms with Gasteiger partial charge in [-0.05, 0) is 61.5 Å². The van der Waals surface area contributed by atoms with Gasteiger partial charge in [-0.15, -0.1) is 0 Å². The maximum atomic E-state index is 12.9. The lowest BCUT2D eigenvalue weighted by atomic mass is 10.2. The number of pyridine rings is 1. The molecule has 0 bridgehead atoms. The molecule has 0 saturated carbocycles. The third-order valence-electron chi connectivity index (χ3n) is 4.94. The summed E-state index contributed by atoms with van der Waals surface area (Å²) in [4.78, 5) is 16.6. The number of aromatic nitrogens is 1. The van der Waals surface area contributed by atoms with Crippen LogP contribution in [0.25, 0.3) is 10.9 Å². The van der Waals surface area contributed by atoms with Crippen molar-refractivity contribution in [2.24, 2.45) is 0 Å². The average Bonchev–Trinajstić information content (AvgIpc) is 2.80. The van der Waals surface area contributed by atoms with E-state index in [0.29, 0.717) is 49.8 Å². The van der Waals surface area contributed by atoms with Crippen molar-refractivity contribution < 1.29 is 22.7 Å². The van der Waals surface area contributed by atoms with E-state index in [1.54, 1.807) is 55.5 Å². The number of morpholine rings is 1. The first kappa shape index (κ1) is 21.2. The smallest absolute Gasteiger partial charge is 0.338 e. The lowest BCUT2D eigenvalue weighted by Crippen LogP contribution is -2.40. The fraction of sp³-hybridized carbons (Fsp3) is 0.273. The summed E-state index contributed by atoms with van der Waals surface area (Å²) in [6.45, 7) is 3.62. The lowest BCUT2D eigenvalue weighted by Gasteiger charge is -2.26. The molecule has 1 N–H and O–H groups in total. The van der Waals surface area contributed by atoms with E-state index in [9.17, 15) is 13.2 Å². The molecular formula is C22H23N3O5S. The molecule has 0 aliphatic carbocycles. The second-order valence-corrected chi connectivity index (χ2v) is 8.93. The van der Waals surface area contributed by atoms with Gasteiger partial charge < -0.3 is 14.8 Å². The number of nitrogens with one attached hydrogen (secondary N) is 1. The highest BCUT2D eigenvalue weighted by Gasteiger charge is 2.26. The third kappa shape index (κ3) is 4.68. The van der Waals surface area contributed by atoms with Crippen LogP contribution in [-0.2, 0) is 19.5 Å². The third-order valence-corrected chi connectivity index (χ3v) is 6.83. The minimum Gasteiger partial charge on any atom is -0.462 e. The van der Waals surface area contributed by atoms with Gasteiger partial charge in [0.2, 0.25) is 10.0 Å². The summed E-state index contributed by atoms with van der Waals surface area (Å²) in [5.41, 5.74) is 1.92. The summed E-state index contributed by atoms with van der Waals surface area (Å²) in [7, 11) is -3.56. The van der Waals surface area contributed by atoms with Gasteiger partial charge in [-0.3, -0.25) is 0 Å². The highest BCUT2D eigenvalue weighted by atomic mass is 32.2. The number of fused-ring (bicyclic) bond motifs is 1. The van der Waals surface area contributed by atoms with Gasteiger partial charge in [0.05, 0.1) is 35.8 Å². The zero-order chi connectivity index (χ0) is 21.8. The minimum atomic E-state index is -3.56. The molecule has 162 valence electrons. The Morgan fingerprint density at radius 1 is 1.10 bits per heavy atom. The number of rotatable bonds is 6. The number of benzene rings is 2. The Morgan fingerprint density at radius 3 is 2.55 bits per heavy atom. The summed E-state index contributed by atoms with van der Waals surface area (Å²) < 4.78 is 37.4. The van der Waals surface area contributed by atoms with Crippen LogP contribution in [0.4, 0.5) is 11.5 Å². The highest BCUT2D eigenvalue weighted by molar-refractivity contribution is 7.89.